The summed E-state index contributed by atoms with van der Waals surface area (Å²) < 4.78 is 10.1. The number of carbonyl (C=O) groups is 2. The van der Waals surface area contributed by atoms with E-state index < -0.39 is 0 Å². The number of anilines is 1. The Morgan fingerprint density at radius 1 is 1.19 bits per heavy atom. The smallest absolute Gasteiger partial charge is 0.250 e. The quantitative estimate of drug-likeness (QED) is 0.548. The fraction of sp³-hybridized carbons (Fsp3) is 0.368. The lowest BCUT2D eigenvalue weighted by Gasteiger charge is -2.09. The molecule has 3 rings (SSSR count). The predicted molar refractivity (Wildman–Crippen MR) is 103 cm³/mol. The third kappa shape index (κ3) is 4.32. The van der Waals surface area contributed by atoms with Crippen molar-refractivity contribution in [3.63, 3.8) is 0 Å². The van der Waals surface area contributed by atoms with Crippen LogP contribution in [-0.2, 0) is 27.1 Å². The molecule has 0 aliphatic heterocycles. The first-order chi connectivity index (χ1) is 12.6. The van der Waals surface area contributed by atoms with Crippen molar-refractivity contribution in [1.82, 2.24) is 0 Å². The summed E-state index contributed by atoms with van der Waals surface area (Å²) in [6.45, 7) is 0.711. The average Bonchev–Trinajstić information content (AvgIpc) is 3.19. The van der Waals surface area contributed by atoms with Gasteiger partial charge in [0, 0.05) is 22.6 Å². The van der Waals surface area contributed by atoms with Crippen LogP contribution < -0.4 is 5.32 Å². The number of benzene rings is 1. The summed E-state index contributed by atoms with van der Waals surface area (Å²) in [6, 6.07) is 6.82. The molecule has 1 aliphatic carbocycles. The molecule has 0 fully saturated rings. The fourth-order valence-corrected chi connectivity index (χ4v) is 4.38. The molecule has 1 N–H and O–H groups in total. The molecule has 138 valence electrons. The molecular formula is C19H20ClNO4S. The Morgan fingerprint density at radius 3 is 2.69 bits per heavy atom. The first kappa shape index (κ1) is 19.0. The van der Waals surface area contributed by atoms with Crippen molar-refractivity contribution in [3.8, 4) is 0 Å². The number of carbonyl (C=O) groups excluding carboxylic acids is 2. The molecule has 26 heavy (non-hydrogen) atoms. The zero-order valence-corrected chi connectivity index (χ0v) is 16.0. The summed E-state index contributed by atoms with van der Waals surface area (Å²) >= 11 is 7.40. The van der Waals surface area contributed by atoms with Gasteiger partial charge in [-0.15, -0.1) is 11.3 Å². The Hall–Kier alpha value is -1.73. The van der Waals surface area contributed by atoms with Gasteiger partial charge in [-0.1, -0.05) is 11.6 Å². The van der Waals surface area contributed by atoms with Crippen molar-refractivity contribution < 1.29 is 19.1 Å². The lowest BCUT2D eigenvalue weighted by atomic mass is 10.0. The minimum Gasteiger partial charge on any atom is -0.382 e. The minimum atomic E-state index is -0.272. The largest absolute Gasteiger partial charge is 0.382 e. The number of ketones is 1. The molecule has 1 amide bonds. The number of nitrogens with one attached hydrogen (secondary N) is 1. The topological polar surface area (TPSA) is 64.6 Å². The van der Waals surface area contributed by atoms with E-state index in [-0.39, 0.29) is 18.3 Å². The second-order valence-corrected chi connectivity index (χ2v) is 7.53. The Bertz CT molecular complexity index is 801. The molecule has 1 heterocycles. The maximum absolute atomic E-state index is 13.0. The van der Waals surface area contributed by atoms with Gasteiger partial charge >= 0.3 is 0 Å². The molecule has 1 aromatic carbocycles. The van der Waals surface area contributed by atoms with E-state index in [2.05, 4.69) is 5.32 Å². The molecule has 7 heteroatoms. The molecule has 1 aliphatic rings. The molecule has 1 aromatic heterocycles. The van der Waals surface area contributed by atoms with E-state index >= 15 is 0 Å². The minimum absolute atomic E-state index is 0.0689. The normalized spacial score (nSPS) is 12.8. The molecule has 2 aromatic rings. The number of hydrogen-bond acceptors (Lipinski definition) is 5. The van der Waals surface area contributed by atoms with Crippen LogP contribution >= 0.6 is 22.9 Å². The lowest BCUT2D eigenvalue weighted by molar-refractivity contribution is -0.121. The number of thiophene rings is 1. The Morgan fingerprint density at radius 2 is 1.96 bits per heavy atom. The fourth-order valence-electron chi connectivity index (χ4n) is 2.95. The van der Waals surface area contributed by atoms with Crippen LogP contribution in [0, 0.1) is 0 Å². The summed E-state index contributed by atoms with van der Waals surface area (Å²) in [5.74, 6) is -0.358. The lowest BCUT2D eigenvalue weighted by Crippen LogP contribution is -2.20. The standard InChI is InChI=1S/C19H20ClNO4S/c1-24-9-10-25-11-16(22)21-19-17(14-3-2-4-15(14)26-19)18(23)12-5-7-13(20)8-6-12/h5-8H,2-4,9-11H2,1H3,(H,21,22). The summed E-state index contributed by atoms with van der Waals surface area (Å²) in [6.07, 6.45) is 2.85. The second kappa shape index (κ2) is 8.77. The number of amides is 1. The second-order valence-electron chi connectivity index (χ2n) is 5.99. The number of halogens is 1. The van der Waals surface area contributed by atoms with E-state index in [1.54, 1.807) is 31.4 Å². The zero-order valence-electron chi connectivity index (χ0n) is 14.5. The van der Waals surface area contributed by atoms with E-state index in [0.29, 0.717) is 34.4 Å². The van der Waals surface area contributed by atoms with Crippen molar-refractivity contribution in [2.24, 2.45) is 0 Å². The molecule has 5 nitrogen and oxygen atoms in total. The Labute approximate surface area is 161 Å². The molecule has 0 saturated heterocycles. The van der Waals surface area contributed by atoms with E-state index in [9.17, 15) is 9.59 Å². The van der Waals surface area contributed by atoms with Gasteiger partial charge in [0.1, 0.15) is 11.6 Å². The van der Waals surface area contributed by atoms with Gasteiger partial charge in [-0.2, -0.15) is 0 Å². The van der Waals surface area contributed by atoms with Gasteiger partial charge in [-0.3, -0.25) is 9.59 Å². The highest BCUT2D eigenvalue weighted by molar-refractivity contribution is 7.17. The third-order valence-corrected chi connectivity index (χ3v) is 5.63. The van der Waals surface area contributed by atoms with Crippen LogP contribution in [0.3, 0.4) is 0 Å². The molecule has 0 saturated carbocycles. The van der Waals surface area contributed by atoms with Gasteiger partial charge < -0.3 is 14.8 Å². The highest BCUT2D eigenvalue weighted by Crippen LogP contribution is 2.40. The molecule has 0 radical (unpaired) electrons. The Kier molecular flexibility index (Phi) is 6.43. The van der Waals surface area contributed by atoms with Crippen molar-refractivity contribution >= 4 is 39.6 Å². The van der Waals surface area contributed by atoms with Crippen molar-refractivity contribution in [1.29, 1.82) is 0 Å². The predicted octanol–water partition coefficient (Wildman–Crippen LogP) is 3.72. The highest BCUT2D eigenvalue weighted by Gasteiger charge is 2.28. The van der Waals surface area contributed by atoms with Gasteiger partial charge in [0.25, 0.3) is 5.91 Å². The van der Waals surface area contributed by atoms with Crippen molar-refractivity contribution in [3.05, 3.63) is 50.9 Å². The summed E-state index contributed by atoms with van der Waals surface area (Å²) in [5, 5.41) is 4.03. The van der Waals surface area contributed by atoms with E-state index in [1.807, 2.05) is 0 Å². The number of aryl methyl sites for hydroxylation is 1. The summed E-state index contributed by atoms with van der Waals surface area (Å²) in [4.78, 5) is 26.4. The zero-order chi connectivity index (χ0) is 18.5. The van der Waals surface area contributed by atoms with Crippen molar-refractivity contribution in [2.75, 3.05) is 32.2 Å². The van der Waals surface area contributed by atoms with Gasteiger partial charge in [0.05, 0.1) is 18.8 Å². The number of ether oxygens (including phenoxy) is 2. The van der Waals surface area contributed by atoms with Crippen LogP contribution in [0.4, 0.5) is 5.00 Å². The van der Waals surface area contributed by atoms with Gasteiger partial charge in [0.15, 0.2) is 5.78 Å². The van der Waals surface area contributed by atoms with Crippen LogP contribution in [0.2, 0.25) is 5.02 Å². The molecular weight excluding hydrogens is 374 g/mol. The van der Waals surface area contributed by atoms with E-state index in [0.717, 1.165) is 24.8 Å². The van der Waals surface area contributed by atoms with Gasteiger partial charge in [-0.25, -0.2) is 0 Å². The van der Waals surface area contributed by atoms with Crippen molar-refractivity contribution in [2.45, 2.75) is 19.3 Å². The maximum atomic E-state index is 13.0. The van der Waals surface area contributed by atoms with Gasteiger partial charge in [0.2, 0.25) is 0 Å². The van der Waals surface area contributed by atoms with Crippen LogP contribution in [0.15, 0.2) is 24.3 Å². The number of hydrogen-bond donors (Lipinski definition) is 1. The third-order valence-electron chi connectivity index (χ3n) is 4.17. The van der Waals surface area contributed by atoms with E-state index in [1.165, 1.54) is 16.2 Å². The SMILES string of the molecule is COCCOCC(=O)Nc1sc2c(c1C(=O)c1ccc(Cl)cc1)CCC2. The molecule has 0 unspecified atom stereocenters. The van der Waals surface area contributed by atoms with E-state index in [4.69, 9.17) is 21.1 Å². The number of rotatable bonds is 8. The van der Waals surface area contributed by atoms with Crippen LogP contribution in [0.25, 0.3) is 0 Å². The molecule has 0 bridgehead atoms. The number of fused-ring (bicyclic) bond motifs is 1. The van der Waals surface area contributed by atoms with Crippen LogP contribution in [0.5, 0.6) is 0 Å². The number of methoxy groups -OCH3 is 1. The first-order valence-electron chi connectivity index (χ1n) is 8.41. The monoisotopic (exact) mass is 393 g/mol. The highest BCUT2D eigenvalue weighted by atomic mass is 35.5. The first-order valence-corrected chi connectivity index (χ1v) is 9.61. The summed E-state index contributed by atoms with van der Waals surface area (Å²) in [5.41, 5.74) is 2.23. The molecule has 0 spiro atoms. The Balaban J connectivity index is 1.79. The van der Waals surface area contributed by atoms with Crippen LogP contribution in [0.1, 0.15) is 32.8 Å². The van der Waals surface area contributed by atoms with Crippen LogP contribution in [-0.4, -0.2) is 38.6 Å². The maximum Gasteiger partial charge on any atom is 0.250 e. The molecule has 0 atom stereocenters. The summed E-state index contributed by atoms with van der Waals surface area (Å²) in [7, 11) is 1.57. The average molecular weight is 394 g/mol. The van der Waals surface area contributed by atoms with Gasteiger partial charge in [-0.05, 0) is 49.1 Å².